The van der Waals surface area contributed by atoms with Crippen molar-refractivity contribution in [1.29, 1.82) is 0 Å². The molecule has 6 heteroatoms. The molecule has 17 heavy (non-hydrogen) atoms. The Bertz CT molecular complexity index is 534. The number of aryl methyl sites for hydroxylation is 1. The quantitative estimate of drug-likeness (QED) is 0.489. The molecule has 2 aromatic heterocycles. The second-order valence-electron chi connectivity index (χ2n) is 3.34. The molecule has 88 valence electrons. The van der Waals surface area contributed by atoms with Crippen molar-refractivity contribution in [3.63, 3.8) is 0 Å². The third-order valence-corrected chi connectivity index (χ3v) is 3.77. The summed E-state index contributed by atoms with van der Waals surface area (Å²) in [5, 5.41) is 1.55. The Morgan fingerprint density at radius 1 is 1.18 bits per heavy atom. The molecule has 2 rings (SSSR count). The van der Waals surface area contributed by atoms with Gasteiger partial charge in [-0.1, -0.05) is 35.0 Å². The monoisotopic (exact) mass is 285 g/mol. The molecule has 0 saturated carbocycles. The number of thioether (sulfide) groups is 1. The van der Waals surface area contributed by atoms with Crippen molar-refractivity contribution in [2.75, 3.05) is 0 Å². The van der Waals surface area contributed by atoms with E-state index in [9.17, 15) is 0 Å². The number of halogens is 2. The average Bonchev–Trinajstić information content (AvgIpc) is 2.31. The van der Waals surface area contributed by atoms with Crippen LogP contribution in [0, 0.1) is 6.92 Å². The zero-order chi connectivity index (χ0) is 12.3. The van der Waals surface area contributed by atoms with Gasteiger partial charge in [-0.05, 0) is 24.6 Å². The summed E-state index contributed by atoms with van der Waals surface area (Å²) in [6.45, 7) is 1.93. The van der Waals surface area contributed by atoms with Crippen molar-refractivity contribution in [2.45, 2.75) is 17.8 Å². The molecular weight excluding hydrogens is 277 g/mol. The standard InChI is InChI=1S/C11H9Cl2N3S/c1-7-2-4-15-11(16-7)17-6-8-3-5-14-10(13)9(8)12/h2-5H,6H2,1H3. The molecule has 0 spiro atoms. The first kappa shape index (κ1) is 12.6. The third kappa shape index (κ3) is 3.31. The summed E-state index contributed by atoms with van der Waals surface area (Å²) < 4.78 is 0. The Morgan fingerprint density at radius 3 is 2.71 bits per heavy atom. The van der Waals surface area contributed by atoms with Crippen molar-refractivity contribution in [3.05, 3.63) is 46.0 Å². The summed E-state index contributed by atoms with van der Waals surface area (Å²) >= 11 is 13.4. The van der Waals surface area contributed by atoms with E-state index < -0.39 is 0 Å². The fraction of sp³-hybridized carbons (Fsp3) is 0.182. The Kier molecular flexibility index (Phi) is 4.20. The SMILES string of the molecule is Cc1ccnc(SCc2ccnc(Cl)c2Cl)n1. The molecule has 0 radical (unpaired) electrons. The molecule has 0 unspecified atom stereocenters. The maximum Gasteiger partial charge on any atom is 0.188 e. The minimum atomic E-state index is 0.329. The lowest BCUT2D eigenvalue weighted by atomic mass is 10.3. The fourth-order valence-electron chi connectivity index (χ4n) is 1.20. The highest BCUT2D eigenvalue weighted by Crippen LogP contribution is 2.28. The molecule has 2 aromatic rings. The molecule has 3 nitrogen and oxygen atoms in total. The molecule has 0 fully saturated rings. The summed E-state index contributed by atoms with van der Waals surface area (Å²) in [4.78, 5) is 12.4. The van der Waals surface area contributed by atoms with E-state index in [-0.39, 0.29) is 0 Å². The van der Waals surface area contributed by atoms with Crippen molar-refractivity contribution >= 4 is 35.0 Å². The van der Waals surface area contributed by atoms with Gasteiger partial charge in [0.05, 0.1) is 5.02 Å². The van der Waals surface area contributed by atoms with Gasteiger partial charge in [0.1, 0.15) is 5.15 Å². The van der Waals surface area contributed by atoms with E-state index in [2.05, 4.69) is 15.0 Å². The molecule has 0 aliphatic carbocycles. The lowest BCUT2D eigenvalue weighted by molar-refractivity contribution is 0.932. The number of rotatable bonds is 3. The number of nitrogens with zero attached hydrogens (tertiary/aromatic N) is 3. The van der Waals surface area contributed by atoms with Gasteiger partial charge < -0.3 is 0 Å². The van der Waals surface area contributed by atoms with Gasteiger partial charge in [-0.15, -0.1) is 0 Å². The minimum Gasteiger partial charge on any atom is -0.243 e. The van der Waals surface area contributed by atoms with Crippen molar-refractivity contribution < 1.29 is 0 Å². The minimum absolute atomic E-state index is 0.329. The largest absolute Gasteiger partial charge is 0.243 e. The summed E-state index contributed by atoms with van der Waals surface area (Å²) in [5.74, 6) is 0.671. The predicted molar refractivity (Wildman–Crippen MR) is 70.6 cm³/mol. The van der Waals surface area contributed by atoms with Crippen LogP contribution in [-0.4, -0.2) is 15.0 Å². The third-order valence-electron chi connectivity index (χ3n) is 2.06. The molecule has 0 aliphatic heterocycles. The maximum absolute atomic E-state index is 6.04. The van der Waals surface area contributed by atoms with E-state index in [0.29, 0.717) is 15.9 Å². The maximum atomic E-state index is 6.04. The molecule has 0 bridgehead atoms. The van der Waals surface area contributed by atoms with E-state index in [1.165, 1.54) is 11.8 Å². The topological polar surface area (TPSA) is 38.7 Å². The van der Waals surface area contributed by atoms with Crippen LogP contribution in [0.3, 0.4) is 0 Å². The molecule has 0 aromatic carbocycles. The summed E-state index contributed by atoms with van der Waals surface area (Å²) in [5.41, 5.74) is 1.88. The van der Waals surface area contributed by atoms with E-state index >= 15 is 0 Å². The van der Waals surface area contributed by atoms with E-state index in [0.717, 1.165) is 16.4 Å². The first-order chi connectivity index (χ1) is 8.16. The number of aromatic nitrogens is 3. The highest BCUT2D eigenvalue weighted by Gasteiger charge is 2.07. The Morgan fingerprint density at radius 2 is 1.94 bits per heavy atom. The van der Waals surface area contributed by atoms with Crippen molar-refractivity contribution in [1.82, 2.24) is 15.0 Å². The van der Waals surface area contributed by atoms with Gasteiger partial charge in [0.15, 0.2) is 5.16 Å². The Hall–Kier alpha value is -0.840. The number of hydrogen-bond donors (Lipinski definition) is 0. The van der Waals surface area contributed by atoms with Crippen LogP contribution in [-0.2, 0) is 5.75 Å². The molecule has 0 atom stereocenters. The van der Waals surface area contributed by atoms with Crippen LogP contribution in [0.25, 0.3) is 0 Å². The second kappa shape index (κ2) is 5.67. The van der Waals surface area contributed by atoms with Gasteiger partial charge in [-0.25, -0.2) is 15.0 Å². The smallest absolute Gasteiger partial charge is 0.188 e. The summed E-state index contributed by atoms with van der Waals surface area (Å²) in [7, 11) is 0. The van der Waals surface area contributed by atoms with Gasteiger partial charge in [-0.2, -0.15) is 0 Å². The first-order valence-electron chi connectivity index (χ1n) is 4.88. The highest BCUT2D eigenvalue weighted by atomic mass is 35.5. The van der Waals surface area contributed by atoms with Crippen LogP contribution in [0.2, 0.25) is 10.2 Å². The highest BCUT2D eigenvalue weighted by molar-refractivity contribution is 7.98. The Balaban J connectivity index is 2.10. The van der Waals surface area contributed by atoms with Crippen LogP contribution >= 0.6 is 35.0 Å². The van der Waals surface area contributed by atoms with Gasteiger partial charge in [-0.3, -0.25) is 0 Å². The van der Waals surface area contributed by atoms with E-state index in [1.807, 2.05) is 19.1 Å². The van der Waals surface area contributed by atoms with Crippen molar-refractivity contribution in [2.24, 2.45) is 0 Å². The lowest BCUT2D eigenvalue weighted by Gasteiger charge is -2.04. The number of hydrogen-bond acceptors (Lipinski definition) is 4. The van der Waals surface area contributed by atoms with Gasteiger partial charge >= 0.3 is 0 Å². The van der Waals surface area contributed by atoms with Crippen LogP contribution in [0.4, 0.5) is 0 Å². The molecule has 0 saturated heterocycles. The Labute approximate surface area is 114 Å². The molecule has 0 aliphatic rings. The van der Waals surface area contributed by atoms with E-state index in [1.54, 1.807) is 12.4 Å². The van der Waals surface area contributed by atoms with Crippen molar-refractivity contribution in [3.8, 4) is 0 Å². The summed E-state index contributed by atoms with van der Waals surface area (Å²) in [6, 6.07) is 3.71. The first-order valence-corrected chi connectivity index (χ1v) is 6.62. The predicted octanol–water partition coefficient (Wildman–Crippen LogP) is 3.78. The molecule has 0 N–H and O–H groups in total. The molecular formula is C11H9Cl2N3S. The van der Waals surface area contributed by atoms with E-state index in [4.69, 9.17) is 23.2 Å². The fourth-order valence-corrected chi connectivity index (χ4v) is 2.51. The molecule has 0 amide bonds. The van der Waals surface area contributed by atoms with Gasteiger partial charge in [0.2, 0.25) is 0 Å². The average molecular weight is 286 g/mol. The zero-order valence-electron chi connectivity index (χ0n) is 9.02. The summed E-state index contributed by atoms with van der Waals surface area (Å²) in [6.07, 6.45) is 3.38. The normalized spacial score (nSPS) is 10.5. The van der Waals surface area contributed by atoms with Crippen LogP contribution in [0.5, 0.6) is 0 Å². The second-order valence-corrected chi connectivity index (χ2v) is 5.02. The van der Waals surface area contributed by atoms with Gasteiger partial charge in [0.25, 0.3) is 0 Å². The van der Waals surface area contributed by atoms with Crippen LogP contribution in [0.15, 0.2) is 29.7 Å². The van der Waals surface area contributed by atoms with Crippen LogP contribution < -0.4 is 0 Å². The lowest BCUT2D eigenvalue weighted by Crippen LogP contribution is -1.90. The van der Waals surface area contributed by atoms with Gasteiger partial charge in [0, 0.05) is 23.8 Å². The molecule has 2 heterocycles. The van der Waals surface area contributed by atoms with Crippen LogP contribution in [0.1, 0.15) is 11.3 Å². The number of pyridine rings is 1. The zero-order valence-corrected chi connectivity index (χ0v) is 11.4.